The van der Waals surface area contributed by atoms with E-state index in [0.29, 0.717) is 0 Å². The normalized spacial score (nSPS) is 13.9. The van der Waals surface area contributed by atoms with Gasteiger partial charge in [-0.3, -0.25) is 4.98 Å². The maximum absolute atomic E-state index is 6.39. The third kappa shape index (κ3) is 2.87. The summed E-state index contributed by atoms with van der Waals surface area (Å²) >= 11 is 0. The van der Waals surface area contributed by atoms with Gasteiger partial charge < -0.3 is 10.5 Å². The Morgan fingerprint density at radius 3 is 2.50 bits per heavy atom. The molecule has 1 atom stereocenters. The lowest BCUT2D eigenvalue weighted by molar-refractivity contribution is 0.413. The minimum atomic E-state index is -0.407. The highest BCUT2D eigenvalue weighted by molar-refractivity contribution is 5.32. The van der Waals surface area contributed by atoms with E-state index >= 15 is 0 Å². The number of benzene rings is 1. The summed E-state index contributed by atoms with van der Waals surface area (Å²) in [5, 5.41) is 0. The summed E-state index contributed by atoms with van der Waals surface area (Å²) in [5.41, 5.74) is 8.21. The number of hydrogen-bond donors (Lipinski definition) is 1. The van der Waals surface area contributed by atoms with Crippen molar-refractivity contribution in [3.63, 3.8) is 0 Å². The van der Waals surface area contributed by atoms with Gasteiger partial charge in [0, 0.05) is 17.9 Å². The van der Waals surface area contributed by atoms with Crippen LogP contribution < -0.4 is 10.5 Å². The topological polar surface area (TPSA) is 48.1 Å². The van der Waals surface area contributed by atoms with Crippen molar-refractivity contribution in [2.75, 3.05) is 7.11 Å². The summed E-state index contributed by atoms with van der Waals surface area (Å²) < 4.78 is 5.15. The molecule has 18 heavy (non-hydrogen) atoms. The molecule has 0 radical (unpaired) electrons. The fraction of sp³-hybridized carbons (Fsp3) is 0.267. The molecule has 0 saturated heterocycles. The van der Waals surface area contributed by atoms with Crippen LogP contribution in [0, 0.1) is 0 Å². The molecule has 0 saturated carbocycles. The molecule has 3 nitrogen and oxygen atoms in total. The number of methoxy groups -OCH3 is 1. The highest BCUT2D eigenvalue weighted by atomic mass is 16.5. The molecule has 2 rings (SSSR count). The highest BCUT2D eigenvalue weighted by Gasteiger charge is 2.21. The van der Waals surface area contributed by atoms with Crippen LogP contribution in [0.25, 0.3) is 0 Å². The number of aromatic nitrogens is 1. The van der Waals surface area contributed by atoms with E-state index in [-0.39, 0.29) is 0 Å². The monoisotopic (exact) mass is 242 g/mol. The van der Waals surface area contributed by atoms with Gasteiger partial charge in [0.25, 0.3) is 0 Å². The summed E-state index contributed by atoms with van der Waals surface area (Å²) in [6.07, 6.45) is 4.38. The predicted molar refractivity (Wildman–Crippen MR) is 72.5 cm³/mol. The van der Waals surface area contributed by atoms with Crippen LogP contribution in [0.3, 0.4) is 0 Å². The van der Waals surface area contributed by atoms with Gasteiger partial charge in [-0.25, -0.2) is 0 Å². The van der Waals surface area contributed by atoms with Crippen LogP contribution in [0.2, 0.25) is 0 Å². The first kappa shape index (κ1) is 12.6. The molecule has 0 bridgehead atoms. The second-order valence-corrected chi connectivity index (χ2v) is 4.68. The first-order valence-electron chi connectivity index (χ1n) is 5.94. The van der Waals surface area contributed by atoms with Gasteiger partial charge in [0.2, 0.25) is 0 Å². The van der Waals surface area contributed by atoms with Crippen LogP contribution in [0.1, 0.15) is 18.1 Å². The van der Waals surface area contributed by atoms with Gasteiger partial charge in [0.05, 0.1) is 7.11 Å². The molecular formula is C15H18N2O. The molecule has 1 unspecified atom stereocenters. The van der Waals surface area contributed by atoms with E-state index in [1.807, 2.05) is 49.5 Å². The summed E-state index contributed by atoms with van der Waals surface area (Å²) in [7, 11) is 1.66. The Labute approximate surface area is 108 Å². The minimum absolute atomic E-state index is 0.407. The van der Waals surface area contributed by atoms with Gasteiger partial charge in [-0.05, 0) is 42.7 Å². The molecule has 1 heterocycles. The number of nitrogens with zero attached hydrogens (tertiary/aromatic N) is 1. The van der Waals surface area contributed by atoms with Crippen molar-refractivity contribution < 1.29 is 4.74 Å². The van der Waals surface area contributed by atoms with Crippen molar-refractivity contribution in [1.29, 1.82) is 0 Å². The third-order valence-electron chi connectivity index (χ3n) is 3.04. The van der Waals surface area contributed by atoms with E-state index in [2.05, 4.69) is 4.98 Å². The van der Waals surface area contributed by atoms with Crippen molar-refractivity contribution in [3.05, 3.63) is 59.9 Å². The Kier molecular flexibility index (Phi) is 3.63. The van der Waals surface area contributed by atoms with Gasteiger partial charge in [-0.2, -0.15) is 0 Å². The Morgan fingerprint density at radius 2 is 1.94 bits per heavy atom. The molecule has 1 aromatic heterocycles. The van der Waals surface area contributed by atoms with Crippen molar-refractivity contribution in [2.45, 2.75) is 18.9 Å². The third-order valence-corrected chi connectivity index (χ3v) is 3.04. The Balaban J connectivity index is 2.19. The molecule has 0 aliphatic rings. The fourth-order valence-corrected chi connectivity index (χ4v) is 2.00. The maximum atomic E-state index is 6.39. The molecule has 3 heteroatoms. The van der Waals surface area contributed by atoms with Crippen LogP contribution in [0.5, 0.6) is 5.75 Å². The largest absolute Gasteiger partial charge is 0.497 e. The average Bonchev–Trinajstić information content (AvgIpc) is 2.39. The minimum Gasteiger partial charge on any atom is -0.497 e. The average molecular weight is 242 g/mol. The number of hydrogen-bond acceptors (Lipinski definition) is 3. The van der Waals surface area contributed by atoms with Crippen molar-refractivity contribution >= 4 is 0 Å². The van der Waals surface area contributed by atoms with Gasteiger partial charge in [0.15, 0.2) is 0 Å². The van der Waals surface area contributed by atoms with Crippen LogP contribution in [-0.4, -0.2) is 12.1 Å². The molecule has 0 fully saturated rings. The Morgan fingerprint density at radius 1 is 1.22 bits per heavy atom. The van der Waals surface area contributed by atoms with Gasteiger partial charge in [-0.15, -0.1) is 0 Å². The van der Waals surface area contributed by atoms with E-state index in [0.717, 1.165) is 23.3 Å². The smallest absolute Gasteiger partial charge is 0.118 e. The van der Waals surface area contributed by atoms with E-state index in [9.17, 15) is 0 Å². The van der Waals surface area contributed by atoms with Crippen LogP contribution in [0.4, 0.5) is 0 Å². The number of ether oxygens (including phenoxy) is 1. The zero-order valence-corrected chi connectivity index (χ0v) is 10.8. The van der Waals surface area contributed by atoms with Crippen LogP contribution in [-0.2, 0) is 12.0 Å². The second kappa shape index (κ2) is 5.19. The summed E-state index contributed by atoms with van der Waals surface area (Å²) in [4.78, 5) is 4.11. The molecule has 0 spiro atoms. The standard InChI is InChI=1S/C15H18N2O/c1-15(16,10-12-4-3-9-17-11-12)13-5-7-14(18-2)8-6-13/h3-9,11H,10,16H2,1-2H3. The fourth-order valence-electron chi connectivity index (χ4n) is 2.00. The molecule has 0 aliphatic carbocycles. The lowest BCUT2D eigenvalue weighted by atomic mass is 9.87. The number of rotatable bonds is 4. The Bertz CT molecular complexity index is 492. The summed E-state index contributed by atoms with van der Waals surface area (Å²) in [6.45, 7) is 2.03. The van der Waals surface area contributed by atoms with Gasteiger partial charge in [0.1, 0.15) is 5.75 Å². The SMILES string of the molecule is COc1ccc(C(C)(N)Cc2cccnc2)cc1. The molecule has 0 amide bonds. The van der Waals surface area contributed by atoms with Crippen LogP contribution >= 0.6 is 0 Å². The second-order valence-electron chi connectivity index (χ2n) is 4.68. The predicted octanol–water partition coefficient (Wildman–Crippen LogP) is 2.51. The quantitative estimate of drug-likeness (QED) is 0.896. The molecule has 0 aliphatic heterocycles. The molecule has 1 aromatic carbocycles. The molecule has 2 N–H and O–H groups in total. The van der Waals surface area contributed by atoms with Gasteiger partial charge >= 0.3 is 0 Å². The summed E-state index contributed by atoms with van der Waals surface area (Å²) in [6, 6.07) is 11.9. The highest BCUT2D eigenvalue weighted by Crippen LogP contribution is 2.24. The lowest BCUT2D eigenvalue weighted by Crippen LogP contribution is -2.35. The molecule has 94 valence electrons. The van der Waals surface area contributed by atoms with Crippen molar-refractivity contribution in [1.82, 2.24) is 4.98 Å². The van der Waals surface area contributed by atoms with Crippen molar-refractivity contribution in [3.8, 4) is 5.75 Å². The van der Waals surface area contributed by atoms with E-state index in [1.54, 1.807) is 13.3 Å². The van der Waals surface area contributed by atoms with Crippen LogP contribution in [0.15, 0.2) is 48.8 Å². The Hall–Kier alpha value is -1.87. The lowest BCUT2D eigenvalue weighted by Gasteiger charge is -2.25. The van der Waals surface area contributed by atoms with E-state index in [1.165, 1.54) is 0 Å². The first-order chi connectivity index (χ1) is 8.62. The molecule has 2 aromatic rings. The summed E-state index contributed by atoms with van der Waals surface area (Å²) in [5.74, 6) is 0.843. The molecular weight excluding hydrogens is 224 g/mol. The number of pyridine rings is 1. The maximum Gasteiger partial charge on any atom is 0.118 e. The zero-order valence-electron chi connectivity index (χ0n) is 10.8. The zero-order chi connectivity index (χ0) is 13.0. The first-order valence-corrected chi connectivity index (χ1v) is 5.94. The van der Waals surface area contributed by atoms with E-state index in [4.69, 9.17) is 10.5 Å². The van der Waals surface area contributed by atoms with Gasteiger partial charge in [-0.1, -0.05) is 18.2 Å². The number of nitrogens with two attached hydrogens (primary N) is 1. The van der Waals surface area contributed by atoms with Crippen molar-refractivity contribution in [2.24, 2.45) is 5.73 Å². The van der Waals surface area contributed by atoms with E-state index < -0.39 is 5.54 Å².